The Labute approximate surface area is 189 Å². The normalized spacial score (nSPS) is 19.9. The monoisotopic (exact) mass is 463 g/mol. The first-order valence-corrected chi connectivity index (χ1v) is 11.7. The number of nitrogens with one attached hydrogen (secondary N) is 2. The molecule has 1 aromatic carbocycles. The Bertz CT molecular complexity index is 1120. The van der Waals surface area contributed by atoms with Crippen molar-refractivity contribution < 1.29 is 4.79 Å². The number of benzene rings is 1. The van der Waals surface area contributed by atoms with Crippen molar-refractivity contribution in [3.05, 3.63) is 61.0 Å². The molecule has 1 aromatic heterocycles. The highest BCUT2D eigenvalue weighted by atomic mass is 35.5. The lowest BCUT2D eigenvalue weighted by Gasteiger charge is -2.38. The van der Waals surface area contributed by atoms with Crippen molar-refractivity contribution in [2.45, 2.75) is 51.1 Å². The van der Waals surface area contributed by atoms with Gasteiger partial charge in [0.1, 0.15) is 5.82 Å². The molecule has 2 aromatic rings. The zero-order valence-electron chi connectivity index (χ0n) is 17.1. The van der Waals surface area contributed by atoms with E-state index in [1.54, 1.807) is 12.1 Å². The third-order valence-corrected chi connectivity index (χ3v) is 7.35. The molecule has 2 heterocycles. The van der Waals surface area contributed by atoms with Crippen molar-refractivity contribution in [1.82, 2.24) is 9.97 Å². The average molecular weight is 464 g/mol. The lowest BCUT2D eigenvalue weighted by molar-refractivity contribution is -0.118. The summed E-state index contributed by atoms with van der Waals surface area (Å²) in [6.45, 7) is 6.22. The molecule has 0 saturated heterocycles. The highest BCUT2D eigenvalue weighted by Crippen LogP contribution is 2.49. The van der Waals surface area contributed by atoms with Crippen LogP contribution < -0.4 is 10.9 Å². The van der Waals surface area contributed by atoms with Crippen molar-refractivity contribution in [3.63, 3.8) is 0 Å². The van der Waals surface area contributed by atoms with Gasteiger partial charge in [0.2, 0.25) is 0 Å². The van der Waals surface area contributed by atoms with Gasteiger partial charge < -0.3 is 10.3 Å². The SMILES string of the molecule is CCCSc1nc2c(c(=O)[nH]1)[C@H](c1cccc(Cl)c1Cl)C1=C(CC(C)(C)CC1=O)N2. The standard InChI is InChI=1S/C22H23Cl2N3O2S/c1-4-8-30-21-26-19-17(20(29)27-21)15(11-6-5-7-12(23)18(11)24)16-13(25-19)9-22(2,3)10-14(16)28/h5-7,15H,4,8-10H2,1-3H3,(H2,25,26,27,29)/t15-/m1/s1. The lowest BCUT2D eigenvalue weighted by Crippen LogP contribution is -2.37. The molecule has 1 aliphatic heterocycles. The van der Waals surface area contributed by atoms with Crippen LogP contribution >= 0.6 is 35.0 Å². The third kappa shape index (κ3) is 3.81. The molecule has 2 N–H and O–H groups in total. The second-order valence-electron chi connectivity index (χ2n) is 8.52. The third-order valence-electron chi connectivity index (χ3n) is 5.44. The number of fused-ring (bicyclic) bond motifs is 1. The summed E-state index contributed by atoms with van der Waals surface area (Å²) in [4.78, 5) is 34.0. The summed E-state index contributed by atoms with van der Waals surface area (Å²) in [7, 11) is 0. The zero-order valence-corrected chi connectivity index (χ0v) is 19.4. The van der Waals surface area contributed by atoms with Crippen LogP contribution in [0.25, 0.3) is 0 Å². The number of hydrogen-bond acceptors (Lipinski definition) is 5. The zero-order chi connectivity index (χ0) is 21.6. The van der Waals surface area contributed by atoms with E-state index >= 15 is 0 Å². The number of H-pyrrole nitrogens is 1. The van der Waals surface area contributed by atoms with Crippen molar-refractivity contribution in [2.75, 3.05) is 11.1 Å². The minimum atomic E-state index is -0.604. The molecule has 2 aliphatic rings. The van der Waals surface area contributed by atoms with Crippen LogP contribution in [0.5, 0.6) is 0 Å². The molecule has 0 amide bonds. The highest BCUT2D eigenvalue weighted by molar-refractivity contribution is 7.99. The van der Waals surface area contributed by atoms with Crippen LogP contribution in [0.4, 0.5) is 5.82 Å². The van der Waals surface area contributed by atoms with E-state index in [-0.39, 0.29) is 16.8 Å². The topological polar surface area (TPSA) is 74.8 Å². The van der Waals surface area contributed by atoms with E-state index < -0.39 is 5.92 Å². The number of carbonyl (C=O) groups excluding carboxylic acids is 1. The van der Waals surface area contributed by atoms with E-state index in [1.165, 1.54) is 11.8 Å². The fraction of sp³-hybridized carbons (Fsp3) is 0.409. The summed E-state index contributed by atoms with van der Waals surface area (Å²) in [5, 5.41) is 4.62. The number of aromatic nitrogens is 2. The Morgan fingerprint density at radius 3 is 2.73 bits per heavy atom. The predicted octanol–water partition coefficient (Wildman–Crippen LogP) is 5.78. The maximum absolute atomic E-state index is 13.2. The number of aromatic amines is 1. The van der Waals surface area contributed by atoms with E-state index in [2.05, 4.69) is 36.1 Å². The van der Waals surface area contributed by atoms with Crippen molar-refractivity contribution in [3.8, 4) is 0 Å². The minimum Gasteiger partial charge on any atom is -0.343 e. The van der Waals surface area contributed by atoms with E-state index in [4.69, 9.17) is 23.2 Å². The van der Waals surface area contributed by atoms with Gasteiger partial charge in [-0.2, -0.15) is 0 Å². The molecule has 0 radical (unpaired) electrons. The number of rotatable bonds is 4. The van der Waals surface area contributed by atoms with Crippen molar-refractivity contribution in [1.29, 1.82) is 0 Å². The molecule has 1 aliphatic carbocycles. The molecule has 0 unspecified atom stereocenters. The minimum absolute atomic E-state index is 0.0178. The van der Waals surface area contributed by atoms with Crippen LogP contribution in [0.1, 0.15) is 57.1 Å². The van der Waals surface area contributed by atoms with Gasteiger partial charge in [-0.1, -0.05) is 67.9 Å². The van der Waals surface area contributed by atoms with Gasteiger partial charge in [-0.15, -0.1) is 0 Å². The first kappa shape index (κ1) is 21.5. The Kier molecular flexibility index (Phi) is 5.77. The summed E-state index contributed by atoms with van der Waals surface area (Å²) in [6, 6.07) is 5.31. The largest absolute Gasteiger partial charge is 0.343 e. The molecule has 0 fully saturated rings. The van der Waals surface area contributed by atoms with Gasteiger partial charge in [0.05, 0.1) is 15.6 Å². The number of carbonyl (C=O) groups is 1. The number of hydrogen-bond donors (Lipinski definition) is 2. The van der Waals surface area contributed by atoms with Gasteiger partial charge in [-0.05, 0) is 29.9 Å². The summed E-state index contributed by atoms with van der Waals surface area (Å²) >= 11 is 14.3. The molecular weight excluding hydrogens is 441 g/mol. The molecule has 0 saturated carbocycles. The van der Waals surface area contributed by atoms with Crippen LogP contribution in [0.2, 0.25) is 10.0 Å². The van der Waals surface area contributed by atoms with E-state index in [0.29, 0.717) is 50.6 Å². The van der Waals surface area contributed by atoms with Crippen LogP contribution in [0.15, 0.2) is 39.4 Å². The molecule has 158 valence electrons. The molecule has 5 nitrogen and oxygen atoms in total. The summed E-state index contributed by atoms with van der Waals surface area (Å²) < 4.78 is 0. The van der Waals surface area contributed by atoms with Gasteiger partial charge >= 0.3 is 0 Å². The van der Waals surface area contributed by atoms with Crippen LogP contribution in [-0.2, 0) is 4.79 Å². The number of ketones is 1. The van der Waals surface area contributed by atoms with Gasteiger partial charge in [-0.3, -0.25) is 9.59 Å². The molecule has 4 rings (SSSR count). The van der Waals surface area contributed by atoms with Gasteiger partial charge in [0.25, 0.3) is 5.56 Å². The van der Waals surface area contributed by atoms with E-state index in [9.17, 15) is 9.59 Å². The van der Waals surface area contributed by atoms with Crippen molar-refractivity contribution >= 4 is 46.6 Å². The fourth-order valence-electron chi connectivity index (χ4n) is 4.21. The maximum Gasteiger partial charge on any atom is 0.257 e. The molecule has 0 spiro atoms. The predicted molar refractivity (Wildman–Crippen MR) is 123 cm³/mol. The molecule has 30 heavy (non-hydrogen) atoms. The number of thioether (sulfide) groups is 1. The molecule has 1 atom stereocenters. The fourth-order valence-corrected chi connectivity index (χ4v) is 5.35. The molecule has 0 bridgehead atoms. The van der Waals surface area contributed by atoms with Crippen LogP contribution in [0, 0.1) is 5.41 Å². The number of allylic oxidation sites excluding steroid dienone is 2. The van der Waals surface area contributed by atoms with Gasteiger partial charge in [-0.25, -0.2) is 4.98 Å². The van der Waals surface area contributed by atoms with Gasteiger partial charge in [0.15, 0.2) is 10.9 Å². The van der Waals surface area contributed by atoms with E-state index in [0.717, 1.165) is 17.9 Å². The lowest BCUT2D eigenvalue weighted by atomic mass is 9.69. The highest BCUT2D eigenvalue weighted by Gasteiger charge is 2.43. The number of halogens is 2. The first-order valence-electron chi connectivity index (χ1n) is 9.96. The Morgan fingerprint density at radius 1 is 1.23 bits per heavy atom. The quantitative estimate of drug-likeness (QED) is 0.443. The summed E-state index contributed by atoms with van der Waals surface area (Å²) in [6.07, 6.45) is 2.07. The van der Waals surface area contributed by atoms with Crippen LogP contribution in [0.3, 0.4) is 0 Å². The molecule has 8 heteroatoms. The van der Waals surface area contributed by atoms with Gasteiger partial charge in [0, 0.05) is 29.4 Å². The maximum atomic E-state index is 13.2. The van der Waals surface area contributed by atoms with Crippen LogP contribution in [-0.4, -0.2) is 21.5 Å². The summed E-state index contributed by atoms with van der Waals surface area (Å²) in [5.41, 5.74) is 2.02. The Hall–Kier alpha value is -1.76. The Balaban J connectivity index is 1.96. The number of anilines is 1. The number of Topliss-reactive ketones (excluding diaryl/α,β-unsaturated/α-hetero) is 1. The first-order chi connectivity index (χ1) is 14.2. The smallest absolute Gasteiger partial charge is 0.257 e. The summed E-state index contributed by atoms with van der Waals surface area (Å²) in [5.74, 6) is 0.754. The molecular formula is C22H23Cl2N3O2S. The van der Waals surface area contributed by atoms with E-state index in [1.807, 2.05) is 6.07 Å². The second-order valence-corrected chi connectivity index (χ2v) is 10.4. The Morgan fingerprint density at radius 2 is 2.00 bits per heavy atom. The second kappa shape index (κ2) is 8.06. The average Bonchev–Trinajstić information content (AvgIpc) is 2.66. The number of nitrogens with zero attached hydrogens (tertiary/aromatic N) is 1. The van der Waals surface area contributed by atoms with Crippen molar-refractivity contribution in [2.24, 2.45) is 5.41 Å².